The third kappa shape index (κ3) is 40.0. The average Bonchev–Trinajstić information content (AvgIpc) is 3.11. The van der Waals surface area contributed by atoms with Crippen LogP contribution in [0.4, 0.5) is 0 Å². The number of carbonyl (C=O) groups is 3. The Morgan fingerprint density at radius 3 is 1.41 bits per heavy atom. The van der Waals surface area contributed by atoms with Gasteiger partial charge in [0, 0.05) is 12.8 Å². The summed E-state index contributed by atoms with van der Waals surface area (Å²) in [5, 5.41) is 11.1. The third-order valence-electron chi connectivity index (χ3n) is 9.25. The number of amides is 1. The molecule has 0 radical (unpaired) electrons. The van der Waals surface area contributed by atoms with Gasteiger partial charge in [0.15, 0.2) is 0 Å². The molecule has 51 heavy (non-hydrogen) atoms. The van der Waals surface area contributed by atoms with Gasteiger partial charge in [0.25, 0.3) is 0 Å². The van der Waals surface area contributed by atoms with Crippen LogP contribution in [0.5, 0.6) is 0 Å². The van der Waals surface area contributed by atoms with Crippen LogP contribution in [0.15, 0.2) is 48.6 Å². The van der Waals surface area contributed by atoms with E-state index in [4.69, 9.17) is 9.84 Å². The molecule has 1 amide bonds. The van der Waals surface area contributed by atoms with E-state index in [2.05, 4.69) is 61.7 Å². The second-order valence-electron chi connectivity index (χ2n) is 14.2. The summed E-state index contributed by atoms with van der Waals surface area (Å²) in [5.74, 6) is -1.41. The van der Waals surface area contributed by atoms with Gasteiger partial charge in [0.05, 0.1) is 0 Å². The monoisotopic (exact) mass is 714 g/mol. The lowest BCUT2D eigenvalue weighted by atomic mass is 10.0. The van der Waals surface area contributed by atoms with Crippen LogP contribution >= 0.6 is 0 Å². The van der Waals surface area contributed by atoms with Crippen LogP contribution in [0.25, 0.3) is 0 Å². The number of carboxylic acids is 1. The highest BCUT2D eigenvalue weighted by Crippen LogP contribution is 2.16. The van der Waals surface area contributed by atoms with Gasteiger partial charge in [0.2, 0.25) is 5.91 Å². The van der Waals surface area contributed by atoms with Crippen molar-refractivity contribution in [1.82, 2.24) is 5.32 Å². The molecule has 0 spiro atoms. The maximum atomic E-state index is 12.7. The average molecular weight is 714 g/mol. The fourth-order valence-corrected chi connectivity index (χ4v) is 6.13. The standard InChI is InChI=1S/C45H79NO5/c1-3-5-7-9-11-13-15-16-17-18-19-20-21-22-23-25-27-29-31-36-40-45(50)51-42(38-34-32-35-39-43(47)46-41-44(48)49)37-33-30-28-26-24-14-12-10-8-6-4-2/h6,8,12,14,26,28,33,37,42H,3-5,7,9-11,13,15-25,27,29-32,34-36,38-41H2,1-2H3,(H,46,47)(H,48,49)/b8-6-,14-12-,28-26-,37-33-. The van der Waals surface area contributed by atoms with Gasteiger partial charge in [-0.2, -0.15) is 0 Å². The van der Waals surface area contributed by atoms with Gasteiger partial charge >= 0.3 is 11.9 Å². The van der Waals surface area contributed by atoms with Crippen molar-refractivity contribution in [2.45, 2.75) is 213 Å². The van der Waals surface area contributed by atoms with Crippen LogP contribution in [-0.4, -0.2) is 35.6 Å². The second kappa shape index (κ2) is 40.1. The summed E-state index contributed by atoms with van der Waals surface area (Å²) in [4.78, 5) is 35.0. The van der Waals surface area contributed by atoms with Gasteiger partial charge in [-0.05, 0) is 57.4 Å². The number of rotatable bonds is 38. The minimum absolute atomic E-state index is 0.127. The van der Waals surface area contributed by atoms with Crippen LogP contribution in [0.1, 0.15) is 206 Å². The molecule has 2 N–H and O–H groups in total. The predicted octanol–water partition coefficient (Wildman–Crippen LogP) is 13.1. The van der Waals surface area contributed by atoms with E-state index in [-0.39, 0.29) is 24.5 Å². The molecule has 0 rings (SSSR count). The van der Waals surface area contributed by atoms with Crippen molar-refractivity contribution >= 4 is 17.8 Å². The Morgan fingerprint density at radius 2 is 0.941 bits per heavy atom. The Hall–Kier alpha value is -2.63. The molecule has 0 aliphatic heterocycles. The number of carboxylic acid groups (broad SMARTS) is 1. The predicted molar refractivity (Wildman–Crippen MR) is 217 cm³/mol. The van der Waals surface area contributed by atoms with E-state index in [1.807, 2.05) is 6.08 Å². The molecule has 6 nitrogen and oxygen atoms in total. The minimum atomic E-state index is -1.04. The Labute approximate surface area is 314 Å². The SMILES string of the molecule is CC/C=C\C/C=C\C/C=C\C/C=C\C(CCCCCC(=O)NCC(=O)O)OC(=O)CCCCCCCCCCCCCCCCCCCCCC. The first kappa shape index (κ1) is 48.4. The zero-order chi connectivity index (χ0) is 37.3. The van der Waals surface area contributed by atoms with Crippen molar-refractivity contribution in [3.63, 3.8) is 0 Å². The van der Waals surface area contributed by atoms with E-state index in [1.54, 1.807) is 0 Å². The second-order valence-corrected chi connectivity index (χ2v) is 14.2. The first-order chi connectivity index (χ1) is 25.0. The normalized spacial score (nSPS) is 12.5. The molecule has 294 valence electrons. The van der Waals surface area contributed by atoms with Gasteiger partial charge in [-0.25, -0.2) is 0 Å². The highest BCUT2D eigenvalue weighted by molar-refractivity contribution is 5.80. The number of aliphatic carboxylic acids is 1. The van der Waals surface area contributed by atoms with E-state index < -0.39 is 5.97 Å². The Bertz CT molecular complexity index is 922. The number of allylic oxidation sites excluding steroid dienone is 7. The van der Waals surface area contributed by atoms with E-state index in [0.717, 1.165) is 57.8 Å². The quantitative estimate of drug-likeness (QED) is 0.0377. The van der Waals surface area contributed by atoms with Crippen LogP contribution in [0.3, 0.4) is 0 Å². The van der Waals surface area contributed by atoms with Crippen LogP contribution < -0.4 is 5.32 Å². The van der Waals surface area contributed by atoms with E-state index in [0.29, 0.717) is 19.3 Å². The molecule has 0 aromatic rings. The lowest BCUT2D eigenvalue weighted by molar-refractivity contribution is -0.147. The van der Waals surface area contributed by atoms with Gasteiger partial charge in [0.1, 0.15) is 12.6 Å². The fourth-order valence-electron chi connectivity index (χ4n) is 6.13. The molecule has 0 aliphatic rings. The summed E-state index contributed by atoms with van der Waals surface area (Å²) < 4.78 is 5.86. The summed E-state index contributed by atoms with van der Waals surface area (Å²) in [7, 11) is 0. The van der Waals surface area contributed by atoms with E-state index in [9.17, 15) is 14.4 Å². The number of hydrogen-bond acceptors (Lipinski definition) is 4. The molecular formula is C45H79NO5. The van der Waals surface area contributed by atoms with Crippen molar-refractivity contribution in [2.24, 2.45) is 0 Å². The molecule has 0 bridgehead atoms. The summed E-state index contributed by atoms with van der Waals surface area (Å²) in [5.41, 5.74) is 0. The molecule has 0 aromatic carbocycles. The maximum Gasteiger partial charge on any atom is 0.322 e. The van der Waals surface area contributed by atoms with E-state index in [1.165, 1.54) is 116 Å². The van der Waals surface area contributed by atoms with Crippen molar-refractivity contribution in [2.75, 3.05) is 6.54 Å². The van der Waals surface area contributed by atoms with Crippen LogP contribution in [0.2, 0.25) is 0 Å². The molecule has 0 aromatic heterocycles. The lowest BCUT2D eigenvalue weighted by Crippen LogP contribution is -2.28. The number of nitrogens with one attached hydrogen (secondary N) is 1. The summed E-state index contributed by atoms with van der Waals surface area (Å²) in [6, 6.07) is 0. The number of esters is 1. The molecule has 6 heteroatoms. The maximum absolute atomic E-state index is 12.7. The fraction of sp³-hybridized carbons (Fsp3) is 0.756. The van der Waals surface area contributed by atoms with Crippen molar-refractivity contribution in [3.05, 3.63) is 48.6 Å². The van der Waals surface area contributed by atoms with Gasteiger partial charge < -0.3 is 15.2 Å². The molecular weight excluding hydrogens is 634 g/mol. The molecule has 0 saturated carbocycles. The van der Waals surface area contributed by atoms with Gasteiger partial charge in [-0.15, -0.1) is 0 Å². The summed E-state index contributed by atoms with van der Waals surface area (Å²) in [6.45, 7) is 4.08. The minimum Gasteiger partial charge on any atom is -0.480 e. The highest BCUT2D eigenvalue weighted by Gasteiger charge is 2.12. The Morgan fingerprint density at radius 1 is 0.529 bits per heavy atom. The molecule has 0 heterocycles. The number of ether oxygens (including phenoxy) is 1. The smallest absolute Gasteiger partial charge is 0.322 e. The molecule has 0 fully saturated rings. The molecule has 1 unspecified atom stereocenters. The zero-order valence-corrected chi connectivity index (χ0v) is 33.2. The molecule has 0 aliphatic carbocycles. The van der Waals surface area contributed by atoms with Crippen molar-refractivity contribution in [1.29, 1.82) is 0 Å². The number of hydrogen-bond donors (Lipinski definition) is 2. The molecule has 0 saturated heterocycles. The van der Waals surface area contributed by atoms with Crippen molar-refractivity contribution in [3.8, 4) is 0 Å². The van der Waals surface area contributed by atoms with Crippen LogP contribution in [0, 0.1) is 0 Å². The highest BCUT2D eigenvalue weighted by atomic mass is 16.5. The van der Waals surface area contributed by atoms with Crippen molar-refractivity contribution < 1.29 is 24.2 Å². The largest absolute Gasteiger partial charge is 0.480 e. The Kier molecular flexibility index (Phi) is 38.1. The first-order valence-corrected chi connectivity index (χ1v) is 21.3. The van der Waals surface area contributed by atoms with Gasteiger partial charge in [-0.1, -0.05) is 185 Å². The van der Waals surface area contributed by atoms with Crippen LogP contribution in [-0.2, 0) is 19.1 Å². The lowest BCUT2D eigenvalue weighted by Gasteiger charge is -2.14. The Balaban J connectivity index is 4.11. The first-order valence-electron chi connectivity index (χ1n) is 21.3. The summed E-state index contributed by atoms with van der Waals surface area (Å²) >= 11 is 0. The van der Waals surface area contributed by atoms with E-state index >= 15 is 0 Å². The third-order valence-corrected chi connectivity index (χ3v) is 9.25. The molecule has 1 atom stereocenters. The summed E-state index contributed by atoms with van der Waals surface area (Å²) in [6.07, 6.45) is 51.2. The zero-order valence-electron chi connectivity index (χ0n) is 33.2. The number of unbranched alkanes of at least 4 members (excludes halogenated alkanes) is 21. The topological polar surface area (TPSA) is 92.7 Å². The van der Waals surface area contributed by atoms with Gasteiger partial charge in [-0.3, -0.25) is 14.4 Å². The number of carbonyl (C=O) groups excluding carboxylic acids is 2.